The van der Waals surface area contributed by atoms with Crippen LogP contribution in [0.3, 0.4) is 0 Å². The molecule has 20 nitrogen and oxygen atoms in total. The second-order valence-corrected chi connectivity index (χ2v) is 2.45. The molecule has 0 unspecified atom stereocenters. The van der Waals surface area contributed by atoms with Crippen molar-refractivity contribution in [2.24, 2.45) is 0 Å². The summed E-state index contributed by atoms with van der Waals surface area (Å²) in [7, 11) is -10.3. The van der Waals surface area contributed by atoms with E-state index >= 15 is 0 Å². The fourth-order valence-electron chi connectivity index (χ4n) is 0. The molecule has 0 rings (SSSR count). The van der Waals surface area contributed by atoms with Gasteiger partial charge in [-0.05, 0) is 0 Å². The Morgan fingerprint density at radius 2 is 0.375 bits per heavy atom. The quantitative estimate of drug-likeness (QED) is 0.180. The zero-order chi connectivity index (χ0) is 9.00. The van der Waals surface area contributed by atoms with Crippen molar-refractivity contribution in [3.63, 3.8) is 0 Å². The summed E-state index contributed by atoms with van der Waals surface area (Å²) in [5.74, 6) is 0. The Labute approximate surface area is 168 Å². The Bertz CT molecular complexity index is 218. The molecule has 0 heterocycles. The van der Waals surface area contributed by atoms with Gasteiger partial charge in [-0.15, -0.1) is 0 Å². The van der Waals surface area contributed by atoms with Crippen LogP contribution in [0.25, 0.3) is 0 Å². The molecular weight excluding hydrogens is 459 g/mol. The van der Waals surface area contributed by atoms with Crippen molar-refractivity contribution in [1.29, 1.82) is 0 Å². The van der Waals surface area contributed by atoms with Gasteiger partial charge in [0.25, 0.3) is 0 Å². The maximum Gasteiger partial charge on any atom is 3.00 e. The predicted molar refractivity (Wildman–Crippen MR) is 64.3 cm³/mol. The van der Waals surface area contributed by atoms with E-state index < -0.39 is 20.8 Å². The van der Waals surface area contributed by atoms with Crippen LogP contribution >= 0.6 is 0 Å². The molecule has 24 heavy (non-hydrogen) atoms. The molecule has 0 aromatic carbocycles. The van der Waals surface area contributed by atoms with Gasteiger partial charge in [0.2, 0.25) is 0 Å². The molecule has 163 valence electrons. The first-order valence-corrected chi connectivity index (χ1v) is 4.00. The molecule has 0 bridgehead atoms. The van der Waals surface area contributed by atoms with Crippen molar-refractivity contribution in [2.75, 3.05) is 0 Å². The SMILES string of the molecule is O.O.O.O.O.O.O.O.O.O.O.O.O=S(=O)([O-])[O-].O=S(=O)([O-])[O-].[Cr+3].[Na+]. The van der Waals surface area contributed by atoms with E-state index in [2.05, 4.69) is 0 Å². The van der Waals surface area contributed by atoms with Crippen molar-refractivity contribution in [1.82, 2.24) is 0 Å². The molecule has 1 radical (unpaired) electrons. The molecule has 0 aliphatic carbocycles. The van der Waals surface area contributed by atoms with Gasteiger partial charge in [0, 0.05) is 20.8 Å². The zero-order valence-corrected chi connectivity index (χ0v) is 16.4. The van der Waals surface area contributed by atoms with Crippen molar-refractivity contribution in [3.8, 4) is 0 Å². The Balaban J connectivity index is -0.00000000241. The smallest absolute Gasteiger partial charge is 0.759 e. The first kappa shape index (κ1) is 182. The van der Waals surface area contributed by atoms with Crippen molar-refractivity contribution in [3.05, 3.63) is 0 Å². The molecule has 0 spiro atoms. The third kappa shape index (κ3) is 17200. The Morgan fingerprint density at radius 3 is 0.375 bits per heavy atom. The van der Waals surface area contributed by atoms with Crippen LogP contribution in [0.4, 0.5) is 0 Å². The summed E-state index contributed by atoms with van der Waals surface area (Å²) >= 11 is 0. The summed E-state index contributed by atoms with van der Waals surface area (Å²) in [4.78, 5) is 0. The average Bonchev–Trinajstić information content (AvgIpc) is 1.12. The Morgan fingerprint density at radius 1 is 0.375 bits per heavy atom. The van der Waals surface area contributed by atoms with Crippen molar-refractivity contribution < 1.29 is 148 Å². The van der Waals surface area contributed by atoms with Gasteiger partial charge in [0.05, 0.1) is 0 Å². The number of rotatable bonds is 0. The summed E-state index contributed by atoms with van der Waals surface area (Å²) in [6, 6.07) is 0. The van der Waals surface area contributed by atoms with E-state index in [1.807, 2.05) is 0 Å². The van der Waals surface area contributed by atoms with E-state index in [9.17, 15) is 0 Å². The second kappa shape index (κ2) is 75.5. The van der Waals surface area contributed by atoms with E-state index in [0.717, 1.165) is 0 Å². The van der Waals surface area contributed by atoms with Gasteiger partial charge in [-0.2, -0.15) is 0 Å². The first-order valence-electron chi connectivity index (χ1n) is 1.33. The molecule has 0 atom stereocenters. The van der Waals surface area contributed by atoms with Crippen molar-refractivity contribution in [2.45, 2.75) is 0 Å². The number of hydrogen-bond acceptors (Lipinski definition) is 8. The van der Waals surface area contributed by atoms with Crippen LogP contribution < -0.4 is 29.6 Å². The first-order chi connectivity index (χ1) is 4.00. The minimum absolute atomic E-state index is 0. The van der Waals surface area contributed by atoms with Crippen molar-refractivity contribution >= 4 is 20.8 Å². The summed E-state index contributed by atoms with van der Waals surface area (Å²) in [5.41, 5.74) is 0. The monoisotopic (exact) mass is 483 g/mol. The van der Waals surface area contributed by atoms with E-state index in [0.29, 0.717) is 0 Å². The molecule has 0 aromatic heterocycles. The van der Waals surface area contributed by atoms with E-state index in [-0.39, 0.29) is 113 Å². The molecule has 0 aromatic rings. The molecule has 0 saturated heterocycles. The normalized spacial score (nSPS) is 4.83. The summed E-state index contributed by atoms with van der Waals surface area (Å²) in [6.45, 7) is 0. The van der Waals surface area contributed by atoms with Crippen LogP contribution in [-0.4, -0.2) is 101 Å². The fourth-order valence-corrected chi connectivity index (χ4v) is 0. The minimum atomic E-state index is -5.17. The van der Waals surface area contributed by atoms with Gasteiger partial charge < -0.3 is 83.9 Å². The van der Waals surface area contributed by atoms with Gasteiger partial charge in [0.1, 0.15) is 0 Å². The van der Waals surface area contributed by atoms with Crippen LogP contribution in [0.1, 0.15) is 0 Å². The van der Waals surface area contributed by atoms with Crippen LogP contribution in [0.2, 0.25) is 0 Å². The second-order valence-electron chi connectivity index (χ2n) is 0.816. The Hall–Kier alpha value is 0.792. The van der Waals surface area contributed by atoms with E-state index in [1.165, 1.54) is 0 Å². The largest absolute Gasteiger partial charge is 3.00 e. The topological polar surface area (TPSA) is 539 Å². The summed E-state index contributed by atoms with van der Waals surface area (Å²) in [6.07, 6.45) is 0. The maximum atomic E-state index is 8.52. The van der Waals surface area contributed by atoms with Crippen LogP contribution in [0.5, 0.6) is 0 Å². The summed E-state index contributed by atoms with van der Waals surface area (Å²) in [5, 5.41) is 0. The predicted octanol–water partition coefficient (Wildman–Crippen LogP) is -15.6. The van der Waals surface area contributed by atoms with Gasteiger partial charge in [-0.3, -0.25) is 16.8 Å². The molecule has 0 aliphatic rings. The molecule has 0 aliphatic heterocycles. The van der Waals surface area contributed by atoms with Gasteiger partial charge in [-0.25, -0.2) is 0 Å². The minimum Gasteiger partial charge on any atom is -0.759 e. The fraction of sp³-hybridized carbons (Fsp3) is 0. The molecule has 24 heteroatoms. The molecule has 0 fully saturated rings. The van der Waals surface area contributed by atoms with E-state index in [4.69, 9.17) is 35.0 Å². The van der Waals surface area contributed by atoms with Gasteiger partial charge in [-0.1, -0.05) is 0 Å². The van der Waals surface area contributed by atoms with E-state index in [1.54, 1.807) is 0 Å². The molecule has 24 N–H and O–H groups in total. The zero-order valence-electron chi connectivity index (χ0n) is 11.5. The third-order valence-electron chi connectivity index (χ3n) is 0. The average molecular weight is 483 g/mol. The third-order valence-corrected chi connectivity index (χ3v) is 0. The Kier molecular flexibility index (Phi) is 571. The molecule has 0 amide bonds. The van der Waals surface area contributed by atoms with Gasteiger partial charge in [0.15, 0.2) is 0 Å². The molecular formula is H24CrNaO20S2. The van der Waals surface area contributed by atoms with Crippen LogP contribution in [0, 0.1) is 0 Å². The maximum absolute atomic E-state index is 8.52. The number of hydrogen-bond donors (Lipinski definition) is 0. The molecule has 0 saturated carbocycles. The van der Waals surface area contributed by atoms with Gasteiger partial charge >= 0.3 is 46.9 Å². The standard InChI is InChI=1S/Cr.Na.2H2O4S.12H2O/c;;2*1-5(2,3)4;;;;;;;;;;;;/h;;2*(H2,1,2,3,4);12*1H2/q+3;+1;;;;;;;;;;;;;;/p-4. The summed E-state index contributed by atoms with van der Waals surface area (Å²) < 4.78 is 68.2. The van der Waals surface area contributed by atoms with Crippen LogP contribution in [0.15, 0.2) is 0 Å². The van der Waals surface area contributed by atoms with Crippen LogP contribution in [-0.2, 0) is 38.2 Å².